The highest BCUT2D eigenvalue weighted by Gasteiger charge is 2.28. The van der Waals surface area contributed by atoms with E-state index in [0.717, 1.165) is 31.9 Å². The van der Waals surface area contributed by atoms with E-state index in [1.807, 2.05) is 6.07 Å². The number of aromatic nitrogens is 1. The quantitative estimate of drug-likeness (QED) is 0.354. The third kappa shape index (κ3) is 6.70. The summed E-state index contributed by atoms with van der Waals surface area (Å²) in [6, 6.07) is 11.9. The molecule has 9 nitrogen and oxygen atoms in total. The Labute approximate surface area is 184 Å². The molecule has 0 bridgehead atoms. The maximum atomic E-state index is 12.6. The average molecular weight is 449 g/mol. The van der Waals surface area contributed by atoms with E-state index in [2.05, 4.69) is 56.6 Å². The van der Waals surface area contributed by atoms with Gasteiger partial charge in [0.15, 0.2) is 5.96 Å². The smallest absolute Gasteiger partial charge is 0.220 e. The fourth-order valence-electron chi connectivity index (χ4n) is 3.59. The summed E-state index contributed by atoms with van der Waals surface area (Å²) in [5, 5.41) is 7.12. The van der Waals surface area contributed by atoms with E-state index in [1.54, 1.807) is 13.1 Å². The zero-order chi connectivity index (χ0) is 22.1. The van der Waals surface area contributed by atoms with Crippen LogP contribution < -0.4 is 10.2 Å². The topological polar surface area (TPSA) is 94.3 Å². The molecular formula is C21H32N6O3S. The number of benzene rings is 1. The molecule has 1 aliphatic rings. The number of anilines is 1. The number of piperazine rings is 1. The van der Waals surface area contributed by atoms with E-state index in [0.29, 0.717) is 31.9 Å². The lowest BCUT2D eigenvalue weighted by Crippen LogP contribution is -2.54. The van der Waals surface area contributed by atoms with E-state index in [4.69, 9.17) is 4.52 Å². The number of nitrogens with zero attached hydrogens (tertiary/aromatic N) is 5. The Balaban J connectivity index is 1.37. The predicted octanol–water partition coefficient (Wildman–Crippen LogP) is 1.61. The zero-order valence-corrected chi connectivity index (χ0v) is 19.1. The molecule has 1 aliphatic heterocycles. The largest absolute Gasteiger partial charge is 0.375 e. The SMILES string of the molecule is CN=C(NCCCCN(C)c1ccccc1)N1CCN(S(=O)(=O)Cc2ccon2)CC1. The van der Waals surface area contributed by atoms with Crippen molar-refractivity contribution in [3.8, 4) is 0 Å². The summed E-state index contributed by atoms with van der Waals surface area (Å²) in [5.74, 6) is 0.693. The van der Waals surface area contributed by atoms with Gasteiger partial charge < -0.3 is 19.6 Å². The predicted molar refractivity (Wildman–Crippen MR) is 123 cm³/mol. The van der Waals surface area contributed by atoms with Gasteiger partial charge in [0, 0.05) is 65.1 Å². The van der Waals surface area contributed by atoms with E-state index in [-0.39, 0.29) is 5.75 Å². The molecule has 0 atom stereocenters. The molecule has 0 amide bonds. The van der Waals surface area contributed by atoms with Gasteiger partial charge in [0.05, 0.1) is 5.69 Å². The Bertz CT molecular complexity index is 910. The lowest BCUT2D eigenvalue weighted by molar-refractivity contribution is 0.260. The molecule has 0 unspecified atom stereocenters. The van der Waals surface area contributed by atoms with E-state index >= 15 is 0 Å². The number of hydrogen-bond acceptors (Lipinski definition) is 6. The maximum Gasteiger partial charge on any atom is 0.220 e. The van der Waals surface area contributed by atoms with Crippen molar-refractivity contribution in [2.45, 2.75) is 18.6 Å². The summed E-state index contributed by atoms with van der Waals surface area (Å²) in [6.07, 6.45) is 3.49. The normalized spacial score (nSPS) is 15.8. The van der Waals surface area contributed by atoms with Crippen LogP contribution in [0.15, 0.2) is 52.2 Å². The molecule has 1 N–H and O–H groups in total. The molecule has 0 aliphatic carbocycles. The highest BCUT2D eigenvalue weighted by atomic mass is 32.2. The molecule has 0 radical (unpaired) electrons. The molecule has 2 heterocycles. The number of nitrogens with one attached hydrogen (secondary N) is 1. The number of sulfonamides is 1. The molecule has 1 aromatic heterocycles. The monoisotopic (exact) mass is 448 g/mol. The number of para-hydroxylation sites is 1. The summed E-state index contributed by atoms with van der Waals surface area (Å²) in [6.45, 7) is 3.90. The average Bonchev–Trinajstić information content (AvgIpc) is 3.29. The first-order valence-electron chi connectivity index (χ1n) is 10.6. The third-order valence-corrected chi connectivity index (χ3v) is 7.18. The number of aliphatic imine (C=N–C) groups is 1. The van der Waals surface area contributed by atoms with Crippen LogP contribution in [0.5, 0.6) is 0 Å². The highest BCUT2D eigenvalue weighted by Crippen LogP contribution is 2.13. The molecule has 31 heavy (non-hydrogen) atoms. The van der Waals surface area contributed by atoms with Crippen molar-refractivity contribution in [3.63, 3.8) is 0 Å². The van der Waals surface area contributed by atoms with Gasteiger partial charge in [-0.15, -0.1) is 0 Å². The highest BCUT2D eigenvalue weighted by molar-refractivity contribution is 7.88. The lowest BCUT2D eigenvalue weighted by Gasteiger charge is -2.35. The molecule has 3 rings (SSSR count). The van der Waals surface area contributed by atoms with Crippen molar-refractivity contribution in [1.82, 2.24) is 19.7 Å². The molecule has 0 spiro atoms. The van der Waals surface area contributed by atoms with E-state index < -0.39 is 10.0 Å². The molecular weight excluding hydrogens is 416 g/mol. The molecule has 1 saturated heterocycles. The Morgan fingerprint density at radius 1 is 1.16 bits per heavy atom. The first kappa shape index (κ1) is 23.1. The van der Waals surface area contributed by atoms with Gasteiger partial charge in [-0.05, 0) is 25.0 Å². The van der Waals surface area contributed by atoms with Gasteiger partial charge in [-0.3, -0.25) is 4.99 Å². The summed E-state index contributed by atoms with van der Waals surface area (Å²) < 4.78 is 31.4. The number of unbranched alkanes of at least 4 members (excludes halogenated alkanes) is 1. The Morgan fingerprint density at radius 3 is 2.55 bits per heavy atom. The second-order valence-corrected chi connectivity index (χ2v) is 9.54. The van der Waals surface area contributed by atoms with Crippen molar-refractivity contribution in [1.29, 1.82) is 0 Å². The standard InChI is InChI=1S/C21H32N6O3S/c1-22-21(23-11-6-7-12-25(2)20-8-4-3-5-9-20)26-13-15-27(16-14-26)31(28,29)18-19-10-17-30-24-19/h3-5,8-10,17H,6-7,11-16,18H2,1-2H3,(H,22,23). The first-order chi connectivity index (χ1) is 15.0. The van der Waals surface area contributed by atoms with Crippen LogP contribution >= 0.6 is 0 Å². The van der Waals surface area contributed by atoms with Gasteiger partial charge in [0.1, 0.15) is 12.0 Å². The van der Waals surface area contributed by atoms with Crippen LogP contribution in [0.3, 0.4) is 0 Å². The fraction of sp³-hybridized carbons (Fsp3) is 0.524. The van der Waals surface area contributed by atoms with Gasteiger partial charge in [-0.2, -0.15) is 4.31 Å². The minimum Gasteiger partial charge on any atom is -0.375 e. The van der Waals surface area contributed by atoms with Crippen molar-refractivity contribution in [3.05, 3.63) is 48.4 Å². The van der Waals surface area contributed by atoms with Gasteiger partial charge >= 0.3 is 0 Å². The first-order valence-corrected chi connectivity index (χ1v) is 12.2. The minimum absolute atomic E-state index is 0.131. The van der Waals surface area contributed by atoms with Crippen LogP contribution in [-0.4, -0.2) is 82.1 Å². The second kappa shape index (κ2) is 11.1. The van der Waals surface area contributed by atoms with Crippen molar-refractivity contribution >= 4 is 21.7 Å². The zero-order valence-electron chi connectivity index (χ0n) is 18.3. The number of guanidine groups is 1. The minimum atomic E-state index is -3.40. The van der Waals surface area contributed by atoms with Crippen LogP contribution in [0.4, 0.5) is 5.69 Å². The molecule has 0 saturated carbocycles. The molecule has 10 heteroatoms. The van der Waals surface area contributed by atoms with Crippen LogP contribution in [0.2, 0.25) is 0 Å². The van der Waals surface area contributed by atoms with Crippen LogP contribution in [-0.2, 0) is 15.8 Å². The Kier molecular flexibility index (Phi) is 8.30. The van der Waals surface area contributed by atoms with Crippen LogP contribution in [0.25, 0.3) is 0 Å². The maximum absolute atomic E-state index is 12.6. The van der Waals surface area contributed by atoms with Gasteiger partial charge in [-0.1, -0.05) is 23.4 Å². The molecule has 2 aromatic rings. The molecule has 1 fully saturated rings. The van der Waals surface area contributed by atoms with Crippen molar-refractivity contribution in [2.75, 3.05) is 58.3 Å². The van der Waals surface area contributed by atoms with Gasteiger partial charge in [-0.25, -0.2) is 8.42 Å². The molecule has 170 valence electrons. The summed E-state index contributed by atoms with van der Waals surface area (Å²) in [7, 11) is 0.474. The Hall–Kier alpha value is -2.59. The second-order valence-electron chi connectivity index (χ2n) is 7.57. The van der Waals surface area contributed by atoms with Crippen molar-refractivity contribution < 1.29 is 12.9 Å². The Morgan fingerprint density at radius 2 is 1.90 bits per heavy atom. The summed E-state index contributed by atoms with van der Waals surface area (Å²) >= 11 is 0. The lowest BCUT2D eigenvalue weighted by atomic mass is 10.2. The van der Waals surface area contributed by atoms with Crippen molar-refractivity contribution in [2.24, 2.45) is 4.99 Å². The summed E-state index contributed by atoms with van der Waals surface area (Å²) in [4.78, 5) is 8.74. The molecule has 1 aromatic carbocycles. The van der Waals surface area contributed by atoms with Crippen LogP contribution in [0.1, 0.15) is 18.5 Å². The van der Waals surface area contributed by atoms with E-state index in [1.165, 1.54) is 16.3 Å². The van der Waals surface area contributed by atoms with Gasteiger partial charge in [0.25, 0.3) is 0 Å². The fourth-order valence-corrected chi connectivity index (χ4v) is 5.01. The number of rotatable bonds is 9. The van der Waals surface area contributed by atoms with E-state index in [9.17, 15) is 8.42 Å². The van der Waals surface area contributed by atoms with Crippen LogP contribution in [0, 0.1) is 0 Å². The third-order valence-electron chi connectivity index (χ3n) is 5.37. The van der Waals surface area contributed by atoms with Gasteiger partial charge in [0.2, 0.25) is 10.0 Å². The summed E-state index contributed by atoms with van der Waals surface area (Å²) in [5.41, 5.74) is 1.65. The number of hydrogen-bond donors (Lipinski definition) is 1.